The number of halogens is 5. The number of piperazine rings is 1. The van der Waals surface area contributed by atoms with E-state index in [1.807, 2.05) is 11.2 Å². The van der Waals surface area contributed by atoms with E-state index in [1.54, 1.807) is 6.07 Å². The van der Waals surface area contributed by atoms with Crippen LogP contribution in [0.1, 0.15) is 54.6 Å². The third kappa shape index (κ3) is 8.17. The first-order valence-corrected chi connectivity index (χ1v) is 14.9. The number of benzene rings is 2. The van der Waals surface area contributed by atoms with E-state index in [4.69, 9.17) is 0 Å². The van der Waals surface area contributed by atoms with Gasteiger partial charge in [-0.2, -0.15) is 13.2 Å². The van der Waals surface area contributed by atoms with E-state index in [0.717, 1.165) is 18.8 Å². The normalized spacial score (nSPS) is 17.5. The molecule has 3 unspecified atom stereocenters. The summed E-state index contributed by atoms with van der Waals surface area (Å²) in [4.78, 5) is 20.1. The molecule has 226 valence electrons. The molecule has 2 N–H and O–H groups in total. The average Bonchev–Trinajstić information content (AvgIpc) is 2.96. The molecule has 2 heterocycles. The van der Waals surface area contributed by atoms with Gasteiger partial charge in [-0.05, 0) is 54.7 Å². The van der Waals surface area contributed by atoms with Crippen LogP contribution in [-0.2, 0) is 28.4 Å². The lowest BCUT2D eigenvalue weighted by molar-refractivity contribution is -0.145. The number of aromatic nitrogens is 2. The molecule has 0 saturated carbocycles. The Morgan fingerprint density at radius 2 is 1.83 bits per heavy atom. The van der Waals surface area contributed by atoms with Crippen LogP contribution >= 0.6 is 0 Å². The van der Waals surface area contributed by atoms with Crippen LogP contribution in [0, 0.1) is 11.6 Å². The molecule has 42 heavy (non-hydrogen) atoms. The lowest BCUT2D eigenvalue weighted by atomic mass is 9.89. The van der Waals surface area contributed by atoms with Gasteiger partial charge in [-0.1, -0.05) is 25.1 Å². The molecule has 3 aromatic rings. The summed E-state index contributed by atoms with van der Waals surface area (Å²) < 4.78 is 82.3. The lowest BCUT2D eigenvalue weighted by Gasteiger charge is -2.35. The Morgan fingerprint density at radius 1 is 1.12 bits per heavy atom. The van der Waals surface area contributed by atoms with Crippen molar-refractivity contribution in [2.24, 2.45) is 0 Å². The third-order valence-corrected chi connectivity index (χ3v) is 8.81. The molecule has 1 aliphatic rings. The smallest absolute Gasteiger partial charge is 0.326 e. The molecule has 1 aromatic heterocycles. The first-order valence-electron chi connectivity index (χ1n) is 13.6. The van der Waals surface area contributed by atoms with Crippen LogP contribution in [0.25, 0.3) is 0 Å². The fraction of sp³-hybridized carbons (Fsp3) is 0.414. The molecule has 13 heteroatoms. The molecule has 0 spiro atoms. The summed E-state index contributed by atoms with van der Waals surface area (Å²) in [7, 11) is -1.13. The maximum absolute atomic E-state index is 15.0. The SMILES string of the molecule is CCCS(=O)N1CCNCC1CCc1c(F)cccc1NC(=O)CC(c1ccc(F)cc1)c1cnc(C(F)(F)F)nc1. The fourth-order valence-electron chi connectivity index (χ4n) is 4.96. The van der Waals surface area contributed by atoms with Crippen LogP contribution in [0.5, 0.6) is 0 Å². The topological polar surface area (TPSA) is 87.2 Å². The predicted octanol–water partition coefficient (Wildman–Crippen LogP) is 5.21. The first-order chi connectivity index (χ1) is 20.1. The summed E-state index contributed by atoms with van der Waals surface area (Å²) in [6.07, 6.45) is -1.41. The van der Waals surface area contributed by atoms with Crippen molar-refractivity contribution in [3.63, 3.8) is 0 Å². The van der Waals surface area contributed by atoms with Gasteiger partial charge >= 0.3 is 6.18 Å². The molecule has 4 rings (SSSR count). The highest BCUT2D eigenvalue weighted by Crippen LogP contribution is 2.31. The molecule has 1 saturated heterocycles. The summed E-state index contributed by atoms with van der Waals surface area (Å²) in [6, 6.07) is 9.53. The Bertz CT molecular complexity index is 1370. The minimum Gasteiger partial charge on any atom is -0.326 e. The van der Waals surface area contributed by atoms with Crippen molar-refractivity contribution in [3.05, 3.63) is 89.0 Å². The van der Waals surface area contributed by atoms with Crippen molar-refractivity contribution >= 4 is 22.6 Å². The van der Waals surface area contributed by atoms with E-state index in [0.29, 0.717) is 42.9 Å². The minimum absolute atomic E-state index is 0.0724. The number of nitrogens with one attached hydrogen (secondary N) is 2. The van der Waals surface area contributed by atoms with Gasteiger partial charge in [0, 0.05) is 67.4 Å². The monoisotopic (exact) mass is 609 g/mol. The van der Waals surface area contributed by atoms with Crippen LogP contribution in [0.15, 0.2) is 54.9 Å². The highest BCUT2D eigenvalue weighted by Gasteiger charge is 2.35. The molecule has 0 aliphatic carbocycles. The molecular weight excluding hydrogens is 577 g/mol. The second-order valence-electron chi connectivity index (χ2n) is 10.0. The van der Waals surface area contributed by atoms with E-state index in [1.165, 1.54) is 36.4 Å². The molecule has 0 radical (unpaired) electrons. The predicted molar refractivity (Wildman–Crippen MR) is 150 cm³/mol. The van der Waals surface area contributed by atoms with E-state index in [9.17, 15) is 26.6 Å². The zero-order valence-corrected chi connectivity index (χ0v) is 23.8. The van der Waals surface area contributed by atoms with E-state index >= 15 is 4.39 Å². The number of alkyl halides is 3. The van der Waals surface area contributed by atoms with Crippen molar-refractivity contribution in [2.45, 2.75) is 50.7 Å². The highest BCUT2D eigenvalue weighted by molar-refractivity contribution is 7.82. The van der Waals surface area contributed by atoms with Crippen LogP contribution in [0.4, 0.5) is 27.6 Å². The number of rotatable bonds is 11. The van der Waals surface area contributed by atoms with Crippen LogP contribution in [-0.4, -0.2) is 55.8 Å². The number of hydrogen-bond donors (Lipinski definition) is 2. The molecule has 7 nitrogen and oxygen atoms in total. The summed E-state index contributed by atoms with van der Waals surface area (Å²) in [5, 5.41) is 6.04. The Kier molecular flexibility index (Phi) is 10.7. The zero-order chi connectivity index (χ0) is 30.3. The maximum Gasteiger partial charge on any atom is 0.451 e. The molecular formula is C29H32F5N5O2S. The Balaban J connectivity index is 1.52. The van der Waals surface area contributed by atoms with E-state index in [2.05, 4.69) is 20.6 Å². The van der Waals surface area contributed by atoms with Gasteiger partial charge in [0.15, 0.2) is 0 Å². The summed E-state index contributed by atoms with van der Waals surface area (Å²) in [5.41, 5.74) is 1.27. The zero-order valence-electron chi connectivity index (χ0n) is 23.0. The maximum atomic E-state index is 15.0. The number of carbonyl (C=O) groups is 1. The van der Waals surface area contributed by atoms with Crippen LogP contribution in [0.2, 0.25) is 0 Å². The molecule has 0 bridgehead atoms. The standard InChI is InChI=1S/C29H32F5N5O2S/c1-2-14-42(41)39-13-12-35-18-22(39)10-11-23-25(31)4-3-5-26(23)38-27(40)15-24(19-6-8-21(30)9-7-19)20-16-36-28(37-17-20)29(32,33)34/h3-9,16-17,22,24,35H,2,10-15,18H2,1H3,(H,38,40). The lowest BCUT2D eigenvalue weighted by Crippen LogP contribution is -2.52. The van der Waals surface area contributed by atoms with Gasteiger partial charge in [-0.25, -0.2) is 27.3 Å². The van der Waals surface area contributed by atoms with E-state index in [-0.39, 0.29) is 30.1 Å². The van der Waals surface area contributed by atoms with Gasteiger partial charge in [0.2, 0.25) is 11.7 Å². The molecule has 1 fully saturated rings. The van der Waals surface area contributed by atoms with Crippen molar-refractivity contribution in [2.75, 3.05) is 30.7 Å². The largest absolute Gasteiger partial charge is 0.451 e. The van der Waals surface area contributed by atoms with Crippen molar-refractivity contribution in [1.82, 2.24) is 19.6 Å². The van der Waals surface area contributed by atoms with Gasteiger partial charge in [-0.3, -0.25) is 4.79 Å². The van der Waals surface area contributed by atoms with Crippen molar-refractivity contribution < 1.29 is 31.0 Å². The van der Waals surface area contributed by atoms with Gasteiger partial charge < -0.3 is 10.6 Å². The Morgan fingerprint density at radius 3 is 2.50 bits per heavy atom. The quantitative estimate of drug-likeness (QED) is 0.292. The molecule has 2 aromatic carbocycles. The van der Waals surface area contributed by atoms with Crippen LogP contribution in [0.3, 0.4) is 0 Å². The second-order valence-corrected chi connectivity index (χ2v) is 11.5. The molecule has 1 aliphatic heterocycles. The average molecular weight is 610 g/mol. The van der Waals surface area contributed by atoms with Gasteiger partial charge in [-0.15, -0.1) is 0 Å². The van der Waals surface area contributed by atoms with Crippen molar-refractivity contribution in [1.29, 1.82) is 0 Å². The molecule has 1 amide bonds. The minimum atomic E-state index is -4.73. The summed E-state index contributed by atoms with van der Waals surface area (Å²) in [6.45, 7) is 3.91. The van der Waals surface area contributed by atoms with Gasteiger partial charge in [0.1, 0.15) is 11.6 Å². The Labute approximate surface area is 243 Å². The molecule has 3 atom stereocenters. The highest BCUT2D eigenvalue weighted by atomic mass is 32.2. The summed E-state index contributed by atoms with van der Waals surface area (Å²) >= 11 is 0. The fourth-order valence-corrected chi connectivity index (χ4v) is 6.35. The number of anilines is 1. The Hall–Kier alpha value is -3.29. The van der Waals surface area contributed by atoms with E-state index < -0.39 is 46.4 Å². The number of carbonyl (C=O) groups excluding carboxylic acids is 1. The number of nitrogens with zero attached hydrogens (tertiary/aromatic N) is 3. The van der Waals surface area contributed by atoms with Gasteiger partial charge in [0.25, 0.3) is 0 Å². The number of amides is 1. The third-order valence-electron chi connectivity index (χ3n) is 7.05. The summed E-state index contributed by atoms with van der Waals surface area (Å²) in [5.74, 6) is -3.09. The van der Waals surface area contributed by atoms with Crippen molar-refractivity contribution in [3.8, 4) is 0 Å². The van der Waals surface area contributed by atoms with Crippen LogP contribution < -0.4 is 10.6 Å². The first kappa shape index (κ1) is 31.6. The second kappa shape index (κ2) is 14.3. The number of hydrogen-bond acceptors (Lipinski definition) is 5. The van der Waals surface area contributed by atoms with Gasteiger partial charge in [0.05, 0.1) is 11.0 Å².